The zero-order valence-electron chi connectivity index (χ0n) is 21.0. The quantitative estimate of drug-likeness (QED) is 0.346. The van der Waals surface area contributed by atoms with Crippen LogP contribution in [0.3, 0.4) is 0 Å². The fraction of sp³-hybridized carbons (Fsp3) is 0.241. The van der Waals surface area contributed by atoms with Gasteiger partial charge in [0.15, 0.2) is 0 Å². The molecule has 2 N–H and O–H groups in total. The van der Waals surface area contributed by atoms with Gasteiger partial charge in [0.25, 0.3) is 5.91 Å². The van der Waals surface area contributed by atoms with E-state index in [1.807, 2.05) is 57.2 Å². The van der Waals surface area contributed by atoms with Crippen molar-refractivity contribution < 1.29 is 9.59 Å². The predicted molar refractivity (Wildman–Crippen MR) is 143 cm³/mol. The lowest BCUT2D eigenvalue weighted by molar-refractivity contribution is -0.117. The number of hydrogen-bond acceptors (Lipinski definition) is 6. The number of aromatic nitrogens is 4. The number of carbonyl (C=O) groups is 2. The molecule has 1 aliphatic carbocycles. The van der Waals surface area contributed by atoms with E-state index in [1.54, 1.807) is 30.9 Å². The van der Waals surface area contributed by atoms with Crippen LogP contribution >= 0.6 is 0 Å². The van der Waals surface area contributed by atoms with Crippen molar-refractivity contribution in [3.63, 3.8) is 0 Å². The highest BCUT2D eigenvalue weighted by Gasteiger charge is 2.29. The van der Waals surface area contributed by atoms with Crippen LogP contribution in [-0.4, -0.2) is 31.8 Å². The molecule has 0 radical (unpaired) electrons. The molecular weight excluding hydrogens is 464 g/mol. The van der Waals surface area contributed by atoms with E-state index >= 15 is 0 Å². The first-order chi connectivity index (χ1) is 17.9. The van der Waals surface area contributed by atoms with E-state index in [0.717, 1.165) is 46.6 Å². The van der Waals surface area contributed by atoms with E-state index in [4.69, 9.17) is 0 Å². The van der Waals surface area contributed by atoms with Crippen LogP contribution in [0.4, 0.5) is 11.5 Å². The van der Waals surface area contributed by atoms with Gasteiger partial charge < -0.3 is 10.6 Å². The van der Waals surface area contributed by atoms with Gasteiger partial charge >= 0.3 is 0 Å². The average Bonchev–Trinajstić information content (AvgIpc) is 3.76. The summed E-state index contributed by atoms with van der Waals surface area (Å²) in [6.07, 6.45) is 8.58. The van der Waals surface area contributed by atoms with Crippen molar-refractivity contribution in [3.05, 3.63) is 84.2 Å². The Morgan fingerprint density at radius 3 is 2.41 bits per heavy atom. The normalized spacial score (nSPS) is 12.9. The Bertz CT molecular complexity index is 1480. The Hall–Kier alpha value is -4.46. The molecule has 4 aromatic heterocycles. The molecular formula is C29H28N6O2. The van der Waals surface area contributed by atoms with Crippen LogP contribution in [0, 0.1) is 12.8 Å². The lowest BCUT2D eigenvalue weighted by Crippen LogP contribution is -2.14. The second-order valence-corrected chi connectivity index (χ2v) is 9.56. The van der Waals surface area contributed by atoms with Crippen molar-refractivity contribution in [2.45, 2.75) is 39.5 Å². The molecule has 37 heavy (non-hydrogen) atoms. The van der Waals surface area contributed by atoms with E-state index in [-0.39, 0.29) is 23.7 Å². The first kappa shape index (κ1) is 24.2. The van der Waals surface area contributed by atoms with Crippen LogP contribution in [0.1, 0.15) is 54.4 Å². The summed E-state index contributed by atoms with van der Waals surface area (Å²) >= 11 is 0. The second-order valence-electron chi connectivity index (χ2n) is 9.56. The molecule has 4 heterocycles. The maximum atomic E-state index is 12.9. The highest BCUT2D eigenvalue weighted by Crippen LogP contribution is 2.31. The van der Waals surface area contributed by atoms with E-state index in [2.05, 4.69) is 30.6 Å². The Labute approximate surface area is 215 Å². The molecule has 0 atom stereocenters. The van der Waals surface area contributed by atoms with Crippen molar-refractivity contribution in [1.29, 1.82) is 0 Å². The number of amides is 2. The molecule has 8 heteroatoms. The fourth-order valence-corrected chi connectivity index (χ4v) is 3.99. The molecule has 1 fully saturated rings. The Morgan fingerprint density at radius 2 is 1.62 bits per heavy atom. The summed E-state index contributed by atoms with van der Waals surface area (Å²) in [6, 6.07) is 13.0. The topological polar surface area (TPSA) is 110 Å². The maximum absolute atomic E-state index is 12.9. The number of aryl methyl sites for hydroxylation is 1. The van der Waals surface area contributed by atoms with Gasteiger partial charge in [-0.1, -0.05) is 13.8 Å². The highest BCUT2D eigenvalue weighted by molar-refractivity contribution is 6.04. The first-order valence-corrected chi connectivity index (χ1v) is 12.3. The fourth-order valence-electron chi connectivity index (χ4n) is 3.99. The number of pyridine rings is 4. The minimum absolute atomic E-state index is 0.0131. The Kier molecular flexibility index (Phi) is 6.72. The summed E-state index contributed by atoms with van der Waals surface area (Å²) in [6.45, 7) is 6.01. The number of carbonyl (C=O) groups excluding carboxylic acids is 2. The van der Waals surface area contributed by atoms with Crippen LogP contribution in [0.2, 0.25) is 0 Å². The Balaban J connectivity index is 1.39. The first-order valence-electron chi connectivity index (χ1n) is 12.3. The van der Waals surface area contributed by atoms with E-state index < -0.39 is 0 Å². The predicted octanol–water partition coefficient (Wildman–Crippen LogP) is 5.63. The molecule has 0 bridgehead atoms. The van der Waals surface area contributed by atoms with Gasteiger partial charge in [-0.25, -0.2) is 4.98 Å². The van der Waals surface area contributed by atoms with Crippen molar-refractivity contribution in [1.82, 2.24) is 19.9 Å². The van der Waals surface area contributed by atoms with Crippen molar-refractivity contribution in [3.8, 4) is 22.4 Å². The summed E-state index contributed by atoms with van der Waals surface area (Å²) in [5, 5.41) is 5.84. The van der Waals surface area contributed by atoms with Crippen molar-refractivity contribution in [2.75, 3.05) is 10.6 Å². The highest BCUT2D eigenvalue weighted by atomic mass is 16.2. The van der Waals surface area contributed by atoms with Gasteiger partial charge in [0.1, 0.15) is 5.82 Å². The van der Waals surface area contributed by atoms with Gasteiger partial charge in [-0.15, -0.1) is 0 Å². The standard InChI is InChI=1S/C29H28N6O2/c1-17(2)25-13-22(8-10-30-25)29(37)34-23-15-24(18(3)33-16-23)20-6-9-31-26(12-20)21-7-11-32-27(14-21)35-28(36)19-4-5-19/h6-17,19H,4-5H2,1-3H3,(H,34,37)(H,32,35,36). The van der Waals surface area contributed by atoms with Crippen LogP contribution in [0.15, 0.2) is 67.3 Å². The minimum Gasteiger partial charge on any atom is -0.321 e. The number of anilines is 2. The number of hydrogen-bond donors (Lipinski definition) is 2. The van der Waals surface area contributed by atoms with E-state index in [0.29, 0.717) is 17.1 Å². The molecule has 1 aliphatic rings. The molecule has 186 valence electrons. The van der Waals surface area contributed by atoms with Gasteiger partial charge in [-0.05, 0) is 73.7 Å². The minimum atomic E-state index is -0.214. The lowest BCUT2D eigenvalue weighted by atomic mass is 10.0. The third-order valence-corrected chi connectivity index (χ3v) is 6.31. The SMILES string of the molecule is Cc1ncc(NC(=O)c2ccnc(C(C)C)c2)cc1-c1ccnc(-c2ccnc(NC(=O)C3CC3)c2)c1. The number of nitrogens with one attached hydrogen (secondary N) is 2. The summed E-state index contributed by atoms with van der Waals surface area (Å²) in [7, 11) is 0. The molecule has 0 spiro atoms. The zero-order chi connectivity index (χ0) is 25.9. The molecule has 0 aromatic carbocycles. The smallest absolute Gasteiger partial charge is 0.255 e. The monoisotopic (exact) mass is 492 g/mol. The van der Waals surface area contributed by atoms with Gasteiger partial charge in [-0.2, -0.15) is 0 Å². The largest absolute Gasteiger partial charge is 0.321 e. The summed E-state index contributed by atoms with van der Waals surface area (Å²) < 4.78 is 0. The van der Waals surface area contributed by atoms with Crippen LogP contribution in [0.25, 0.3) is 22.4 Å². The summed E-state index contributed by atoms with van der Waals surface area (Å²) in [5.74, 6) is 0.645. The molecule has 0 unspecified atom stereocenters. The van der Waals surface area contributed by atoms with Gasteiger partial charge in [0, 0.05) is 52.6 Å². The molecule has 0 aliphatic heterocycles. The Morgan fingerprint density at radius 1 is 0.865 bits per heavy atom. The zero-order valence-corrected chi connectivity index (χ0v) is 21.0. The molecule has 4 aromatic rings. The van der Waals surface area contributed by atoms with E-state index in [9.17, 15) is 9.59 Å². The molecule has 2 amide bonds. The second kappa shape index (κ2) is 10.3. The maximum Gasteiger partial charge on any atom is 0.255 e. The third-order valence-electron chi connectivity index (χ3n) is 6.31. The summed E-state index contributed by atoms with van der Waals surface area (Å²) in [5.41, 5.74) is 6.23. The van der Waals surface area contributed by atoms with E-state index in [1.165, 1.54) is 0 Å². The summed E-state index contributed by atoms with van der Waals surface area (Å²) in [4.78, 5) is 42.7. The molecule has 0 saturated heterocycles. The van der Waals surface area contributed by atoms with Crippen molar-refractivity contribution >= 4 is 23.3 Å². The molecule has 5 rings (SSSR count). The number of nitrogens with zero attached hydrogens (tertiary/aromatic N) is 4. The van der Waals surface area contributed by atoms with Crippen LogP contribution in [0.5, 0.6) is 0 Å². The van der Waals surface area contributed by atoms with Crippen LogP contribution < -0.4 is 10.6 Å². The number of rotatable bonds is 7. The van der Waals surface area contributed by atoms with Crippen molar-refractivity contribution in [2.24, 2.45) is 5.92 Å². The van der Waals surface area contributed by atoms with Crippen LogP contribution in [-0.2, 0) is 4.79 Å². The molecule has 1 saturated carbocycles. The average molecular weight is 493 g/mol. The van der Waals surface area contributed by atoms with Gasteiger partial charge in [-0.3, -0.25) is 24.5 Å². The molecule has 8 nitrogen and oxygen atoms in total. The third kappa shape index (κ3) is 5.69. The lowest BCUT2D eigenvalue weighted by Gasteiger charge is -2.12. The van der Waals surface area contributed by atoms with Gasteiger partial charge in [0.05, 0.1) is 17.6 Å². The van der Waals surface area contributed by atoms with Gasteiger partial charge in [0.2, 0.25) is 5.91 Å².